The minimum absolute atomic E-state index is 0.137. The van der Waals surface area contributed by atoms with Gasteiger partial charge in [0.05, 0.1) is 26.7 Å². The van der Waals surface area contributed by atoms with Crippen LogP contribution in [0.15, 0.2) is 72.9 Å². The summed E-state index contributed by atoms with van der Waals surface area (Å²) < 4.78 is 9.46. The van der Waals surface area contributed by atoms with E-state index >= 15 is 0 Å². The highest BCUT2D eigenvalue weighted by atomic mass is 32.2. The smallest absolute Gasteiger partial charge is 0.309 e. The second kappa shape index (κ2) is 21.5. The molecular formula is C31H44O5S. The highest BCUT2D eigenvalue weighted by Gasteiger charge is 2.17. The lowest BCUT2D eigenvalue weighted by molar-refractivity contribution is -0.141. The van der Waals surface area contributed by atoms with Crippen molar-refractivity contribution in [3.63, 3.8) is 0 Å². The van der Waals surface area contributed by atoms with Crippen molar-refractivity contribution in [1.82, 2.24) is 0 Å². The molecule has 0 aliphatic rings. The zero-order chi connectivity index (χ0) is 27.1. The first-order valence-electron chi connectivity index (χ1n) is 13.2. The number of ether oxygens (including phenoxy) is 2. The third-order valence-electron chi connectivity index (χ3n) is 5.68. The van der Waals surface area contributed by atoms with Gasteiger partial charge in [0.25, 0.3) is 0 Å². The number of unbranched alkanes of at least 4 members (excludes halogenated alkanes) is 3. The Morgan fingerprint density at radius 2 is 1.70 bits per heavy atom. The molecule has 1 aromatic rings. The Morgan fingerprint density at radius 1 is 0.946 bits per heavy atom. The average molecular weight is 529 g/mol. The lowest BCUT2D eigenvalue weighted by Gasteiger charge is -2.19. The molecule has 5 nitrogen and oxygen atoms in total. The number of allylic oxidation sites excluding steroid dienone is 7. The maximum atomic E-state index is 11.6. The molecule has 0 aliphatic carbocycles. The summed E-state index contributed by atoms with van der Waals surface area (Å²) in [5, 5.41) is 10.7. The Hall–Kier alpha value is -2.57. The molecule has 6 heteroatoms. The third kappa shape index (κ3) is 16.7. The van der Waals surface area contributed by atoms with E-state index in [4.69, 9.17) is 9.47 Å². The van der Waals surface area contributed by atoms with E-state index in [1.165, 1.54) is 33.5 Å². The molecule has 0 aromatic heterocycles. The second-order valence-electron chi connectivity index (χ2n) is 8.79. The normalized spacial score (nSPS) is 13.6. The molecule has 0 radical (unpaired) electrons. The van der Waals surface area contributed by atoms with Gasteiger partial charge < -0.3 is 14.6 Å². The molecule has 0 bridgehead atoms. The van der Waals surface area contributed by atoms with Crippen LogP contribution in [-0.2, 0) is 31.2 Å². The van der Waals surface area contributed by atoms with Gasteiger partial charge in [0.15, 0.2) is 0 Å². The van der Waals surface area contributed by atoms with Crippen molar-refractivity contribution in [3.05, 3.63) is 84.0 Å². The van der Waals surface area contributed by atoms with Crippen LogP contribution >= 0.6 is 11.8 Å². The van der Waals surface area contributed by atoms with Crippen molar-refractivity contribution >= 4 is 23.7 Å². The maximum Gasteiger partial charge on any atom is 0.309 e. The number of carbonyl (C=O) groups excluding carboxylic acids is 2. The fourth-order valence-electron chi connectivity index (χ4n) is 3.54. The van der Waals surface area contributed by atoms with Gasteiger partial charge >= 0.3 is 11.9 Å². The van der Waals surface area contributed by atoms with E-state index in [2.05, 4.69) is 25.2 Å². The van der Waals surface area contributed by atoms with Gasteiger partial charge in [-0.2, -0.15) is 0 Å². The van der Waals surface area contributed by atoms with E-state index < -0.39 is 6.10 Å². The quantitative estimate of drug-likeness (QED) is 0.0911. The molecule has 204 valence electrons. The minimum Gasteiger partial charge on any atom is -0.469 e. The number of hydrogen-bond donors (Lipinski definition) is 1. The summed E-state index contributed by atoms with van der Waals surface area (Å²) in [5.41, 5.74) is 1.98. The number of aliphatic hydroxyl groups is 1. The van der Waals surface area contributed by atoms with Crippen LogP contribution in [0.1, 0.15) is 69.4 Å². The monoisotopic (exact) mass is 528 g/mol. The van der Waals surface area contributed by atoms with Crippen molar-refractivity contribution in [2.24, 2.45) is 0 Å². The van der Waals surface area contributed by atoms with Crippen molar-refractivity contribution in [2.45, 2.75) is 81.8 Å². The molecule has 1 aromatic carbocycles. The predicted octanol–water partition coefficient (Wildman–Crippen LogP) is 6.90. The zero-order valence-electron chi connectivity index (χ0n) is 22.6. The van der Waals surface area contributed by atoms with Crippen LogP contribution in [0.25, 0.3) is 0 Å². The summed E-state index contributed by atoms with van der Waals surface area (Å²) in [5.74, 6) is 0.155. The molecule has 2 atom stereocenters. The fourth-order valence-corrected chi connectivity index (χ4v) is 4.67. The van der Waals surface area contributed by atoms with Crippen LogP contribution in [0.5, 0.6) is 0 Å². The van der Waals surface area contributed by atoms with E-state index in [0.29, 0.717) is 25.0 Å². The van der Waals surface area contributed by atoms with Crippen molar-refractivity contribution in [3.8, 4) is 0 Å². The van der Waals surface area contributed by atoms with Gasteiger partial charge in [0, 0.05) is 17.4 Å². The summed E-state index contributed by atoms with van der Waals surface area (Å²) >= 11 is 1.63. The molecule has 0 heterocycles. The SMILES string of the molecule is CCCCC/C=C\C\C=C/C=C/C=C/[C@H](SCc1cccc(CC(=O)OC)c1)[C@@H](O)CCCC(=O)OC. The van der Waals surface area contributed by atoms with E-state index in [1.807, 2.05) is 54.6 Å². The number of rotatable bonds is 19. The molecule has 0 unspecified atom stereocenters. The number of thioether (sulfide) groups is 1. The van der Waals surface area contributed by atoms with Gasteiger partial charge in [-0.15, -0.1) is 11.8 Å². The number of esters is 2. The Kier molecular flexibility index (Phi) is 18.9. The van der Waals surface area contributed by atoms with Crippen LogP contribution in [0.4, 0.5) is 0 Å². The molecular weight excluding hydrogens is 484 g/mol. The lowest BCUT2D eigenvalue weighted by Crippen LogP contribution is -2.21. The van der Waals surface area contributed by atoms with Gasteiger partial charge in [0.1, 0.15) is 0 Å². The van der Waals surface area contributed by atoms with Crippen LogP contribution in [0.3, 0.4) is 0 Å². The van der Waals surface area contributed by atoms with Gasteiger partial charge in [-0.05, 0) is 43.2 Å². The molecule has 0 fully saturated rings. The highest BCUT2D eigenvalue weighted by Crippen LogP contribution is 2.25. The largest absolute Gasteiger partial charge is 0.469 e. The first-order valence-corrected chi connectivity index (χ1v) is 14.2. The minimum atomic E-state index is -0.592. The van der Waals surface area contributed by atoms with Crippen molar-refractivity contribution < 1.29 is 24.2 Å². The molecule has 37 heavy (non-hydrogen) atoms. The van der Waals surface area contributed by atoms with Crippen molar-refractivity contribution in [2.75, 3.05) is 14.2 Å². The van der Waals surface area contributed by atoms with Crippen LogP contribution in [-0.4, -0.2) is 42.6 Å². The predicted molar refractivity (Wildman–Crippen MR) is 154 cm³/mol. The zero-order valence-corrected chi connectivity index (χ0v) is 23.5. The number of hydrogen-bond acceptors (Lipinski definition) is 6. The van der Waals surface area contributed by atoms with E-state index in [0.717, 1.165) is 24.0 Å². The summed E-state index contributed by atoms with van der Waals surface area (Å²) in [7, 11) is 2.76. The van der Waals surface area contributed by atoms with Gasteiger partial charge in [-0.1, -0.05) is 92.6 Å². The van der Waals surface area contributed by atoms with E-state index in [9.17, 15) is 14.7 Å². The van der Waals surface area contributed by atoms with Gasteiger partial charge in [0.2, 0.25) is 0 Å². The molecule has 0 amide bonds. The topological polar surface area (TPSA) is 72.8 Å². The van der Waals surface area contributed by atoms with E-state index in [1.54, 1.807) is 11.8 Å². The van der Waals surface area contributed by atoms with Crippen LogP contribution in [0.2, 0.25) is 0 Å². The average Bonchev–Trinajstić information content (AvgIpc) is 2.90. The second-order valence-corrected chi connectivity index (χ2v) is 9.95. The fraction of sp³-hybridized carbons (Fsp3) is 0.484. The summed E-state index contributed by atoms with van der Waals surface area (Å²) in [6.07, 6.45) is 23.4. The third-order valence-corrected chi connectivity index (χ3v) is 7.04. The van der Waals surface area contributed by atoms with Gasteiger partial charge in [-0.3, -0.25) is 9.59 Å². The summed E-state index contributed by atoms with van der Waals surface area (Å²) in [4.78, 5) is 23.0. The Bertz CT molecular complexity index is 887. The van der Waals surface area contributed by atoms with Gasteiger partial charge in [-0.25, -0.2) is 0 Å². The molecule has 0 saturated carbocycles. The number of aliphatic hydroxyl groups excluding tert-OH is 1. The van der Waals surface area contributed by atoms with Crippen LogP contribution in [0, 0.1) is 0 Å². The van der Waals surface area contributed by atoms with Crippen LogP contribution < -0.4 is 0 Å². The van der Waals surface area contributed by atoms with E-state index in [-0.39, 0.29) is 23.6 Å². The molecule has 0 spiro atoms. The molecule has 0 aliphatic heterocycles. The first kappa shape index (κ1) is 32.5. The molecule has 1 rings (SSSR count). The number of methoxy groups -OCH3 is 2. The van der Waals surface area contributed by atoms with Crippen molar-refractivity contribution in [1.29, 1.82) is 0 Å². The number of carbonyl (C=O) groups is 2. The summed E-state index contributed by atoms with van der Waals surface area (Å²) in [6.45, 7) is 2.22. The molecule has 1 N–H and O–H groups in total. The Balaban J connectivity index is 2.67. The highest BCUT2D eigenvalue weighted by molar-refractivity contribution is 7.99. The Morgan fingerprint density at radius 3 is 2.46 bits per heavy atom. The maximum absolute atomic E-state index is 11.6. The Labute approximate surface area is 227 Å². The summed E-state index contributed by atoms with van der Waals surface area (Å²) in [6, 6.07) is 7.85. The molecule has 0 saturated heterocycles. The first-order chi connectivity index (χ1) is 18.0. The standard InChI is InChI=1S/C31H44O5S/c1-4-5-6-7-8-9-10-11-12-13-14-15-21-29(28(32)20-17-22-30(33)35-2)37-25-27-19-16-18-26(23-27)24-31(34)36-3/h8-9,11-16,18-19,21,23,28-29,32H,4-7,10,17,20,22,24-25H2,1-3H3/b9-8-,12-11-,14-13+,21-15+/t28-,29-/m0/s1. The number of benzene rings is 1. The lowest BCUT2D eigenvalue weighted by atomic mass is 10.1.